The van der Waals surface area contributed by atoms with Crippen molar-refractivity contribution in [2.75, 3.05) is 0 Å². The van der Waals surface area contributed by atoms with E-state index in [1.165, 1.54) is 24.3 Å². The molecule has 26 heavy (non-hydrogen) atoms. The number of nitro benzene ring substituents is 2. The van der Waals surface area contributed by atoms with Crippen molar-refractivity contribution in [1.29, 1.82) is 0 Å². The van der Waals surface area contributed by atoms with Crippen molar-refractivity contribution in [2.24, 2.45) is 0 Å². The molecule has 2 N–H and O–H groups in total. The molecule has 10 nitrogen and oxygen atoms in total. The third-order valence-electron chi connectivity index (χ3n) is 3.03. The monoisotopic (exact) mass is 396 g/mol. The fourth-order valence-corrected chi connectivity index (χ4v) is 4.07. The van der Waals surface area contributed by atoms with Gasteiger partial charge in [0, 0.05) is 12.1 Å². The smallest absolute Gasteiger partial charge is 0.335 e. The number of hydrogen-bond donors (Lipinski definition) is 2. The molecule has 0 aliphatic rings. The van der Waals surface area contributed by atoms with Gasteiger partial charge in [-0.2, -0.15) is 0 Å². The topological polar surface area (TPSA) is 161 Å². The first-order valence-corrected chi connectivity index (χ1v) is 8.73. The predicted molar refractivity (Wildman–Crippen MR) is 91.8 cm³/mol. The molecular weight excluding hydrogens is 388 g/mol. The van der Waals surface area contributed by atoms with Crippen LogP contribution in [0.5, 0.6) is 0 Å². The van der Waals surface area contributed by atoms with Gasteiger partial charge >= 0.3 is 11.9 Å². The summed E-state index contributed by atoms with van der Waals surface area (Å²) in [6, 6.07) is 6.62. The van der Waals surface area contributed by atoms with Gasteiger partial charge in [-0.1, -0.05) is 0 Å². The largest absolute Gasteiger partial charge is 0.478 e. The summed E-state index contributed by atoms with van der Waals surface area (Å²) in [6.45, 7) is 0. The van der Waals surface area contributed by atoms with Gasteiger partial charge in [-0.25, -0.2) is 9.59 Å². The van der Waals surface area contributed by atoms with Crippen molar-refractivity contribution in [3.63, 3.8) is 0 Å². The summed E-state index contributed by atoms with van der Waals surface area (Å²) >= 11 is 0. The number of hydrogen-bond acceptors (Lipinski definition) is 8. The molecule has 0 radical (unpaired) electrons. The molecule has 0 fully saturated rings. The minimum absolute atomic E-state index is 0.0987. The molecule has 12 heteroatoms. The van der Waals surface area contributed by atoms with Gasteiger partial charge in [0.1, 0.15) is 0 Å². The van der Waals surface area contributed by atoms with Crippen LogP contribution in [0.3, 0.4) is 0 Å². The lowest BCUT2D eigenvalue weighted by atomic mass is 10.2. The minimum Gasteiger partial charge on any atom is -0.478 e. The van der Waals surface area contributed by atoms with E-state index in [1.807, 2.05) is 0 Å². The van der Waals surface area contributed by atoms with Crippen LogP contribution in [-0.2, 0) is 0 Å². The number of rotatable bonds is 7. The first kappa shape index (κ1) is 19.2. The molecule has 2 aromatic rings. The number of aromatic carboxylic acids is 2. The van der Waals surface area contributed by atoms with E-state index in [-0.39, 0.29) is 20.9 Å². The average Bonchev–Trinajstić information content (AvgIpc) is 2.59. The van der Waals surface area contributed by atoms with Crippen LogP contribution in [0.1, 0.15) is 20.7 Å². The highest BCUT2D eigenvalue weighted by molar-refractivity contribution is 8.76. The van der Waals surface area contributed by atoms with Crippen LogP contribution in [0, 0.1) is 20.2 Å². The number of carboxylic acid groups (broad SMARTS) is 2. The van der Waals surface area contributed by atoms with E-state index in [1.54, 1.807) is 0 Å². The number of carboxylic acids is 2. The molecule has 134 valence electrons. The molecule has 0 spiro atoms. The van der Waals surface area contributed by atoms with E-state index in [0.29, 0.717) is 0 Å². The molecule has 0 aliphatic carbocycles. The molecule has 2 aromatic carbocycles. The lowest BCUT2D eigenvalue weighted by molar-refractivity contribution is -0.388. The maximum absolute atomic E-state index is 11.1. The first-order chi connectivity index (χ1) is 12.2. The molecule has 2 rings (SSSR count). The highest BCUT2D eigenvalue weighted by Gasteiger charge is 2.22. The first-order valence-electron chi connectivity index (χ1n) is 6.58. The van der Waals surface area contributed by atoms with Crippen LogP contribution in [0.25, 0.3) is 0 Å². The fourth-order valence-electron chi connectivity index (χ4n) is 1.82. The van der Waals surface area contributed by atoms with Gasteiger partial charge in [0.2, 0.25) is 0 Å². The van der Waals surface area contributed by atoms with E-state index in [4.69, 9.17) is 10.2 Å². The molecular formula is C14H8N2O8S2. The summed E-state index contributed by atoms with van der Waals surface area (Å²) in [5.41, 5.74) is -1.43. The maximum atomic E-state index is 11.1. The summed E-state index contributed by atoms with van der Waals surface area (Å²) in [7, 11) is 1.65. The van der Waals surface area contributed by atoms with Crippen molar-refractivity contribution in [3.8, 4) is 0 Å². The zero-order valence-electron chi connectivity index (χ0n) is 12.5. The summed E-state index contributed by atoms with van der Waals surface area (Å²) in [6.07, 6.45) is 0. The van der Waals surface area contributed by atoms with Gasteiger partial charge in [0.25, 0.3) is 11.4 Å². The van der Waals surface area contributed by atoms with Crippen molar-refractivity contribution >= 4 is 44.9 Å². The van der Waals surface area contributed by atoms with Gasteiger partial charge < -0.3 is 10.2 Å². The molecule has 0 heterocycles. The Hall–Kier alpha value is -3.12. The lowest BCUT2D eigenvalue weighted by Crippen LogP contribution is -1.99. The minimum atomic E-state index is -1.32. The van der Waals surface area contributed by atoms with Crippen LogP contribution in [0.15, 0.2) is 46.2 Å². The molecule has 0 atom stereocenters. The summed E-state index contributed by atoms with van der Waals surface area (Å²) < 4.78 is 0. The van der Waals surface area contributed by atoms with Crippen molar-refractivity contribution in [3.05, 3.63) is 67.8 Å². The van der Waals surface area contributed by atoms with E-state index in [2.05, 4.69) is 0 Å². The second-order valence-electron chi connectivity index (χ2n) is 4.66. The van der Waals surface area contributed by atoms with Crippen LogP contribution < -0.4 is 0 Å². The van der Waals surface area contributed by atoms with Gasteiger partial charge in [-0.15, -0.1) is 0 Å². The quantitative estimate of drug-likeness (QED) is 0.401. The Morgan fingerprint density at radius 2 is 1.12 bits per heavy atom. The Kier molecular flexibility index (Phi) is 5.79. The maximum Gasteiger partial charge on any atom is 0.335 e. The molecule has 0 bridgehead atoms. The van der Waals surface area contributed by atoms with Crippen molar-refractivity contribution < 1.29 is 29.6 Å². The van der Waals surface area contributed by atoms with Crippen LogP contribution in [0.2, 0.25) is 0 Å². The third-order valence-corrected chi connectivity index (χ3v) is 5.49. The summed E-state index contributed by atoms with van der Waals surface area (Å²) in [5.74, 6) is -2.64. The van der Waals surface area contributed by atoms with Gasteiger partial charge in [-0.3, -0.25) is 20.2 Å². The number of benzene rings is 2. The van der Waals surface area contributed by atoms with Crippen LogP contribution in [-0.4, -0.2) is 32.0 Å². The molecule has 0 saturated heterocycles. The standard InChI is InChI=1S/C14H8N2O8S2/c17-13(18)7-1-3-11(9(5-7)15(21)22)25-26-12-4-2-8(14(19)20)6-10(12)16(23)24/h1-6H,(H,17,18)(H,19,20). The lowest BCUT2D eigenvalue weighted by Gasteiger charge is -2.05. The highest BCUT2D eigenvalue weighted by atomic mass is 33.1. The fraction of sp³-hybridized carbons (Fsp3) is 0. The average molecular weight is 396 g/mol. The van der Waals surface area contributed by atoms with E-state index in [0.717, 1.165) is 33.7 Å². The Morgan fingerprint density at radius 1 is 0.769 bits per heavy atom. The van der Waals surface area contributed by atoms with Crippen LogP contribution in [0.4, 0.5) is 11.4 Å². The molecule has 0 aliphatic heterocycles. The van der Waals surface area contributed by atoms with Gasteiger partial charge in [-0.05, 0) is 45.9 Å². The normalized spacial score (nSPS) is 10.3. The Bertz CT molecular complexity index is 856. The highest BCUT2D eigenvalue weighted by Crippen LogP contribution is 2.45. The second kappa shape index (κ2) is 7.84. The zero-order chi connectivity index (χ0) is 19.4. The van der Waals surface area contributed by atoms with Crippen molar-refractivity contribution in [2.45, 2.75) is 9.79 Å². The van der Waals surface area contributed by atoms with Gasteiger partial charge in [0.05, 0.1) is 30.8 Å². The zero-order valence-corrected chi connectivity index (χ0v) is 14.2. The molecule has 0 saturated carbocycles. The van der Waals surface area contributed by atoms with E-state index >= 15 is 0 Å². The Balaban J connectivity index is 2.34. The Morgan fingerprint density at radius 3 is 1.38 bits per heavy atom. The van der Waals surface area contributed by atoms with Crippen molar-refractivity contribution in [1.82, 2.24) is 0 Å². The SMILES string of the molecule is O=C(O)c1ccc(SSc2ccc(C(=O)O)cc2[N+](=O)[O-])c([N+](=O)[O-])c1. The second-order valence-corrected chi connectivity index (χ2v) is 6.87. The number of nitro groups is 2. The number of carbonyl (C=O) groups is 2. The van der Waals surface area contributed by atoms with E-state index in [9.17, 15) is 29.8 Å². The summed E-state index contributed by atoms with van der Waals surface area (Å²) in [4.78, 5) is 42.8. The predicted octanol–water partition coefficient (Wildman–Crippen LogP) is 3.70. The number of nitrogens with zero attached hydrogens (tertiary/aromatic N) is 2. The molecule has 0 aromatic heterocycles. The van der Waals surface area contributed by atoms with Crippen LogP contribution >= 0.6 is 21.6 Å². The summed E-state index contributed by atoms with van der Waals surface area (Å²) in [5, 5.41) is 40.0. The third kappa shape index (κ3) is 4.29. The Labute approximate surface area is 152 Å². The molecule has 0 unspecified atom stereocenters. The van der Waals surface area contributed by atoms with Gasteiger partial charge in [0.15, 0.2) is 0 Å². The van der Waals surface area contributed by atoms with E-state index < -0.39 is 33.2 Å². The molecule has 0 amide bonds.